The quantitative estimate of drug-likeness (QED) is 0.180. The van der Waals surface area contributed by atoms with Crippen LogP contribution in [0.3, 0.4) is 0 Å². The van der Waals surface area contributed by atoms with E-state index in [0.29, 0.717) is 49.8 Å². The first-order valence-electron chi connectivity index (χ1n) is 24.1. The highest BCUT2D eigenvalue weighted by Crippen LogP contribution is 2.83. The number of carbonyl (C=O) groups excluding carboxylic acids is 3. The van der Waals surface area contributed by atoms with Gasteiger partial charge < -0.3 is 49.3 Å². The summed E-state index contributed by atoms with van der Waals surface area (Å²) < 4.78 is 33.5. The Morgan fingerprint density at radius 1 is 0.902 bits per heavy atom. The number of hydrogen-bond acceptors (Lipinski definition) is 13. The van der Waals surface area contributed by atoms with Crippen molar-refractivity contribution in [1.82, 2.24) is 10.6 Å². The van der Waals surface area contributed by atoms with Crippen LogP contribution in [0.5, 0.6) is 0 Å². The number of carbonyl (C=O) groups is 3. The van der Waals surface area contributed by atoms with Gasteiger partial charge in [0.1, 0.15) is 30.2 Å². The number of ether oxygens (including phenoxy) is 4. The van der Waals surface area contributed by atoms with Gasteiger partial charge in [-0.25, -0.2) is 4.79 Å². The summed E-state index contributed by atoms with van der Waals surface area (Å²) in [6.45, 7) is 7.54. The lowest BCUT2D eigenvalue weighted by molar-refractivity contribution is -0.284. The van der Waals surface area contributed by atoms with E-state index in [-0.39, 0.29) is 48.6 Å². The van der Waals surface area contributed by atoms with E-state index in [4.69, 9.17) is 23.4 Å². The van der Waals surface area contributed by atoms with Gasteiger partial charge in [0.05, 0.1) is 42.0 Å². The number of fused-ring (bicyclic) bond motifs is 2. The summed E-state index contributed by atoms with van der Waals surface area (Å²) in [5.74, 6) is -1.07. The maximum Gasteiger partial charge on any atom is 0.339 e. The number of epoxide rings is 1. The molecule has 3 spiro atoms. The Hall–Kier alpha value is -2.39. The highest BCUT2D eigenvalue weighted by atomic mass is 16.7. The second kappa shape index (κ2) is 14.3. The van der Waals surface area contributed by atoms with Gasteiger partial charge in [-0.2, -0.15) is 0 Å². The maximum atomic E-state index is 15.6. The van der Waals surface area contributed by atoms with Crippen LogP contribution >= 0.6 is 0 Å². The summed E-state index contributed by atoms with van der Waals surface area (Å²) >= 11 is 0. The lowest BCUT2D eigenvalue weighted by Crippen LogP contribution is -2.79. The zero-order valence-corrected chi connectivity index (χ0v) is 36.3. The number of ketones is 1. The first kappa shape index (κ1) is 41.3. The predicted octanol–water partition coefficient (Wildman–Crippen LogP) is 4.68. The highest BCUT2D eigenvalue weighted by Gasteiger charge is 2.93. The van der Waals surface area contributed by atoms with E-state index >= 15 is 4.79 Å². The van der Waals surface area contributed by atoms with Gasteiger partial charge in [0.15, 0.2) is 11.9 Å². The van der Waals surface area contributed by atoms with Crippen molar-refractivity contribution >= 4 is 17.7 Å². The van der Waals surface area contributed by atoms with Crippen molar-refractivity contribution in [3.8, 4) is 0 Å². The summed E-state index contributed by atoms with van der Waals surface area (Å²) in [4.78, 5) is 44.3. The molecule has 11 rings (SSSR count). The Kier molecular flexibility index (Phi) is 9.69. The number of esters is 2. The predicted molar refractivity (Wildman–Crippen MR) is 218 cm³/mol. The van der Waals surface area contributed by atoms with Crippen molar-refractivity contribution in [2.75, 3.05) is 26.4 Å². The van der Waals surface area contributed by atoms with Crippen LogP contribution in [-0.2, 0) is 39.8 Å². The molecule has 0 amide bonds. The van der Waals surface area contributed by atoms with Gasteiger partial charge in [-0.05, 0) is 114 Å². The average molecular weight is 849 g/mol. The molecule has 0 aromatic carbocycles. The molecular weight excluding hydrogens is 781 g/mol. The molecule has 10 aliphatic rings. The number of furan rings is 1. The summed E-state index contributed by atoms with van der Waals surface area (Å²) in [6, 6.07) is 2.34. The van der Waals surface area contributed by atoms with E-state index in [1.165, 1.54) is 0 Å². The highest BCUT2D eigenvalue weighted by molar-refractivity contribution is 5.92. The lowest BCUT2D eigenvalue weighted by atomic mass is 9.32. The van der Waals surface area contributed by atoms with Crippen LogP contribution in [0.4, 0.5) is 0 Å². The third-order valence-electron chi connectivity index (χ3n) is 19.6. The molecule has 1 aromatic heterocycles. The van der Waals surface area contributed by atoms with Crippen LogP contribution in [-0.4, -0.2) is 101 Å². The topological polar surface area (TPSA) is 189 Å². The first-order chi connectivity index (χ1) is 29.3. The molecule has 10 fully saturated rings. The Morgan fingerprint density at radius 3 is 2.36 bits per heavy atom. The minimum Gasteiger partial charge on any atom is -0.469 e. The summed E-state index contributed by atoms with van der Waals surface area (Å²) in [7, 11) is 0. The molecule has 5 saturated carbocycles. The van der Waals surface area contributed by atoms with Crippen molar-refractivity contribution in [2.24, 2.45) is 57.2 Å². The van der Waals surface area contributed by atoms with E-state index in [2.05, 4.69) is 17.6 Å². The molecule has 0 unspecified atom stereocenters. The van der Waals surface area contributed by atoms with Crippen LogP contribution in [0.1, 0.15) is 135 Å². The van der Waals surface area contributed by atoms with Crippen molar-refractivity contribution in [3.05, 3.63) is 23.7 Å². The smallest absolute Gasteiger partial charge is 0.339 e. The van der Waals surface area contributed by atoms with Crippen LogP contribution in [0.15, 0.2) is 16.7 Å². The van der Waals surface area contributed by atoms with Crippen LogP contribution in [0, 0.1) is 57.2 Å². The standard InChI is InChI=1S/C48H68N2O11/c1-43(2)36-35(53)37(54)47(28-9-5-4-6-10-28)34(46(36)24-58-42(56)45(41(46)61-43)17-7-8-18-45)15-19-44(3)38(59-40(55)39-48(44,47)60-39)29-16-20-57-33(29)21-30(32(52)23-51)26-11-13-27(14-12-26)31-22-49-25-50-31/h16,20,26-28,30-32,34,36-39,41,49-52,54H,4-15,17-19,21-25H2,1-3H3/t26?,27?,30-,31+,32+,34+,36+,37+,38-,39+,41-,44-,46+,47-,48+/m0/s1. The molecule has 61 heavy (non-hydrogen) atoms. The molecule has 0 bridgehead atoms. The van der Waals surface area contributed by atoms with Crippen molar-refractivity contribution < 1.29 is 53.1 Å². The van der Waals surface area contributed by atoms with Gasteiger partial charge in [0.2, 0.25) is 0 Å². The molecule has 13 atom stereocenters. The largest absolute Gasteiger partial charge is 0.469 e. The number of nitrogens with one attached hydrogen (secondary N) is 2. The zero-order valence-electron chi connectivity index (χ0n) is 36.3. The third kappa shape index (κ3) is 5.28. The number of hydrogen-bond donors (Lipinski definition) is 5. The third-order valence-corrected chi connectivity index (χ3v) is 19.6. The normalized spacial score (nSPS) is 47.0. The maximum absolute atomic E-state index is 15.6. The van der Waals surface area contributed by atoms with E-state index in [1.807, 2.05) is 19.9 Å². The average Bonchev–Trinajstić information content (AvgIpc) is 3.76. The Bertz CT molecular complexity index is 1910. The molecule has 13 heteroatoms. The summed E-state index contributed by atoms with van der Waals surface area (Å²) in [5, 5.41) is 42.1. The van der Waals surface area contributed by atoms with Crippen molar-refractivity contribution in [1.29, 1.82) is 0 Å². The van der Waals surface area contributed by atoms with Crippen molar-refractivity contribution in [3.63, 3.8) is 0 Å². The SMILES string of the molecule is CC1(C)O[C@H]2C3(CCCC3)C(=O)OC[C@@]23[C@@H]1C(=O)[C@@H](O)[C@]1(C2CCCCC2)[C@@H]3CC[C@@]2(C)[C@H](c3ccoc3C[C@@H](C3CCC([C@H]4CNCN4)CC3)[C@H](O)CO)OC(=O)[C@H]3O[C@@]312. The van der Waals surface area contributed by atoms with E-state index < -0.39 is 75.3 Å². The number of Topliss-reactive ketones (excluding diaryl/α,β-unsaturated/α-hetero) is 1. The first-order valence-corrected chi connectivity index (χ1v) is 24.1. The molecule has 5 N–H and O–H groups in total. The fraction of sp³-hybridized carbons (Fsp3) is 0.854. The van der Waals surface area contributed by atoms with Crippen LogP contribution in [0.25, 0.3) is 0 Å². The Balaban J connectivity index is 1.00. The molecule has 0 radical (unpaired) electrons. The van der Waals surface area contributed by atoms with Gasteiger partial charge in [-0.15, -0.1) is 0 Å². The fourth-order valence-corrected chi connectivity index (χ4v) is 17.3. The molecule has 5 aliphatic carbocycles. The fourth-order valence-electron chi connectivity index (χ4n) is 17.3. The van der Waals surface area contributed by atoms with Gasteiger partial charge in [0, 0.05) is 47.5 Å². The Morgan fingerprint density at radius 2 is 1.66 bits per heavy atom. The molecule has 6 heterocycles. The summed E-state index contributed by atoms with van der Waals surface area (Å²) in [5.41, 5.74) is -5.31. The van der Waals surface area contributed by atoms with Gasteiger partial charge in [-0.1, -0.05) is 39.0 Å². The van der Waals surface area contributed by atoms with E-state index in [0.717, 1.165) is 89.4 Å². The monoisotopic (exact) mass is 848 g/mol. The minimum absolute atomic E-state index is 0.0473. The minimum atomic E-state index is -1.43. The molecule has 5 saturated heterocycles. The second-order valence-corrected chi connectivity index (χ2v) is 22.3. The molecular formula is C48H68N2O11. The van der Waals surface area contributed by atoms with Crippen molar-refractivity contribution in [2.45, 2.75) is 171 Å². The van der Waals surface area contributed by atoms with E-state index in [9.17, 15) is 24.9 Å². The summed E-state index contributed by atoms with van der Waals surface area (Å²) in [6.07, 6.45) is 10.0. The van der Waals surface area contributed by atoms with Gasteiger partial charge in [-0.3, -0.25) is 9.59 Å². The Labute approximate surface area is 359 Å². The number of rotatable bonds is 8. The number of aliphatic hydroxyl groups is 3. The molecule has 5 aliphatic heterocycles. The molecule has 1 aromatic rings. The van der Waals surface area contributed by atoms with E-state index in [1.54, 1.807) is 6.26 Å². The number of aliphatic hydroxyl groups excluding tert-OH is 3. The van der Waals surface area contributed by atoms with Crippen LogP contribution < -0.4 is 10.6 Å². The van der Waals surface area contributed by atoms with Crippen LogP contribution in [0.2, 0.25) is 0 Å². The number of cyclic esters (lactones) is 2. The zero-order chi connectivity index (χ0) is 42.3. The van der Waals surface area contributed by atoms with Gasteiger partial charge in [0.25, 0.3) is 0 Å². The molecule has 13 nitrogen and oxygen atoms in total. The lowest BCUT2D eigenvalue weighted by Gasteiger charge is -2.70. The second-order valence-electron chi connectivity index (χ2n) is 22.3. The van der Waals surface area contributed by atoms with Gasteiger partial charge >= 0.3 is 11.9 Å². The molecule has 336 valence electrons.